The summed E-state index contributed by atoms with van der Waals surface area (Å²) in [6, 6.07) is 0. The molecule has 0 radical (unpaired) electrons. The highest BCUT2D eigenvalue weighted by Gasteiger charge is 2.52. The summed E-state index contributed by atoms with van der Waals surface area (Å²) in [6.07, 6.45) is -26.1. The van der Waals surface area contributed by atoms with Gasteiger partial charge in [-0.25, -0.2) is 4.79 Å². The van der Waals surface area contributed by atoms with Gasteiger partial charge in [0, 0.05) is 32.2 Å². The third-order valence-corrected chi connectivity index (χ3v) is 8.74. The highest BCUT2D eigenvalue weighted by Crippen LogP contribution is 2.31. The Hall–Kier alpha value is -2.56. The second kappa shape index (κ2) is 19.2. The molecule has 3 amide bonds. The van der Waals surface area contributed by atoms with E-state index in [4.69, 9.17) is 33.3 Å². The SMILES string of the molecule is O=C(CCCC(=O)ON1C(=O)CCC1=O)NCCO[C@H]1O[C@H](COC2O[C@H](CO)[C@@H](O)[C@H](O)[C@@H]2O)[C@@H](O)[C@H](O[C@H]2O[C@H](CO)[C@@H](O)[C@H](O)[C@@H]2O)[C@H]1O. The Morgan fingerprint density at radius 3 is 1.81 bits per heavy atom. The normalized spacial score (nSPS) is 39.8. The molecule has 0 saturated carbocycles. The number of hydrogen-bond acceptors (Lipinski definition) is 21. The number of carbonyl (C=O) groups excluding carboxylic acids is 4. The fourth-order valence-electron chi connectivity index (χ4n) is 5.72. The van der Waals surface area contributed by atoms with Crippen LogP contribution in [0.2, 0.25) is 0 Å². The number of ether oxygens (including phenoxy) is 6. The van der Waals surface area contributed by atoms with E-state index in [1.54, 1.807) is 0 Å². The van der Waals surface area contributed by atoms with Gasteiger partial charge in [0.2, 0.25) is 5.91 Å². The molecule has 23 nitrogen and oxygen atoms in total. The standard InChI is InChI=1S/C29H46N2O21/c32-8-11-18(38)21(41)23(43)27(48-11)47-10-13-20(40)26(51-29-24(44)22(42)19(39)12(9-33)49-29)25(45)28(50-13)46-7-6-30-14(34)2-1-3-17(37)52-31-15(35)4-5-16(31)36/h11-13,18-29,32-33,38-45H,1-10H2,(H,30,34)/t11-,12-,13-,18-,19-,20-,21+,22+,23+,24+,25-,26+,27?,28+,29-/m1/s1. The Morgan fingerprint density at radius 1 is 0.673 bits per heavy atom. The predicted molar refractivity (Wildman–Crippen MR) is 159 cm³/mol. The summed E-state index contributed by atoms with van der Waals surface area (Å²) in [4.78, 5) is 52.1. The van der Waals surface area contributed by atoms with E-state index in [0.29, 0.717) is 5.06 Å². The van der Waals surface area contributed by atoms with Gasteiger partial charge in [0.05, 0.1) is 26.4 Å². The van der Waals surface area contributed by atoms with E-state index >= 15 is 0 Å². The highest BCUT2D eigenvalue weighted by atomic mass is 16.8. The molecule has 4 aliphatic rings. The summed E-state index contributed by atoms with van der Waals surface area (Å²) in [5.41, 5.74) is 0. The smallest absolute Gasteiger partial charge is 0.333 e. The van der Waals surface area contributed by atoms with E-state index in [2.05, 4.69) is 5.32 Å². The topological polar surface area (TPSA) is 350 Å². The zero-order valence-corrected chi connectivity index (χ0v) is 27.6. The van der Waals surface area contributed by atoms with Crippen LogP contribution in [0.1, 0.15) is 32.1 Å². The molecule has 0 spiro atoms. The maximum absolute atomic E-state index is 12.3. The van der Waals surface area contributed by atoms with Gasteiger partial charge in [0.25, 0.3) is 11.8 Å². The number of rotatable bonds is 16. The summed E-state index contributed by atoms with van der Waals surface area (Å²) in [5, 5.41) is 105. The first-order chi connectivity index (χ1) is 24.7. The van der Waals surface area contributed by atoms with Gasteiger partial charge in [-0.15, -0.1) is 5.06 Å². The van der Waals surface area contributed by atoms with Crippen LogP contribution in [0.5, 0.6) is 0 Å². The number of nitrogens with zero attached hydrogens (tertiary/aromatic N) is 1. The number of nitrogens with one attached hydrogen (secondary N) is 1. The Bertz CT molecular complexity index is 1190. The highest BCUT2D eigenvalue weighted by molar-refractivity contribution is 6.01. The third kappa shape index (κ3) is 10.1. The van der Waals surface area contributed by atoms with Crippen molar-refractivity contribution in [2.24, 2.45) is 0 Å². The van der Waals surface area contributed by atoms with E-state index in [1.165, 1.54) is 0 Å². The lowest BCUT2D eigenvalue weighted by Crippen LogP contribution is -2.65. The van der Waals surface area contributed by atoms with E-state index in [1.807, 2.05) is 0 Å². The van der Waals surface area contributed by atoms with Crippen molar-refractivity contribution in [2.75, 3.05) is 33.0 Å². The summed E-state index contributed by atoms with van der Waals surface area (Å²) in [5.74, 6) is -2.69. The molecule has 0 bridgehead atoms. The van der Waals surface area contributed by atoms with Gasteiger partial charge in [-0.05, 0) is 6.42 Å². The van der Waals surface area contributed by atoms with E-state index < -0.39 is 136 Å². The van der Waals surface area contributed by atoms with Gasteiger partial charge in [-0.1, -0.05) is 0 Å². The lowest BCUT2D eigenvalue weighted by molar-refractivity contribution is -0.366. The Morgan fingerprint density at radius 2 is 1.21 bits per heavy atom. The van der Waals surface area contributed by atoms with Crippen molar-refractivity contribution in [3.63, 3.8) is 0 Å². The molecule has 52 heavy (non-hydrogen) atoms. The molecule has 0 aromatic carbocycles. The molecule has 0 aromatic rings. The summed E-state index contributed by atoms with van der Waals surface area (Å²) in [7, 11) is 0. The molecule has 298 valence electrons. The minimum Gasteiger partial charge on any atom is -0.394 e. The zero-order chi connectivity index (χ0) is 38.3. The first-order valence-electron chi connectivity index (χ1n) is 16.5. The molecule has 4 fully saturated rings. The molecular weight excluding hydrogens is 712 g/mol. The number of hydroxylamine groups is 2. The lowest BCUT2D eigenvalue weighted by Gasteiger charge is -2.46. The molecule has 0 aromatic heterocycles. The van der Waals surface area contributed by atoms with E-state index in [-0.39, 0.29) is 45.3 Å². The number of aliphatic hydroxyl groups is 10. The second-order valence-corrected chi connectivity index (χ2v) is 12.5. The quantitative estimate of drug-likeness (QED) is 0.0514. The van der Waals surface area contributed by atoms with Crippen LogP contribution in [0.25, 0.3) is 0 Å². The van der Waals surface area contributed by atoms with Crippen LogP contribution in [0.4, 0.5) is 0 Å². The minimum absolute atomic E-state index is 0.0111. The molecule has 0 aliphatic carbocycles. The fourth-order valence-corrected chi connectivity index (χ4v) is 5.72. The number of carbonyl (C=O) groups is 4. The number of aliphatic hydroxyl groups excluding tert-OH is 10. The number of amides is 3. The van der Waals surface area contributed by atoms with Gasteiger partial charge >= 0.3 is 5.97 Å². The van der Waals surface area contributed by atoms with Crippen LogP contribution < -0.4 is 5.32 Å². The average Bonchev–Trinajstić information content (AvgIpc) is 3.43. The summed E-state index contributed by atoms with van der Waals surface area (Å²) in [6.45, 7) is -2.71. The Kier molecular flexibility index (Phi) is 15.5. The van der Waals surface area contributed by atoms with Crippen LogP contribution in [0.15, 0.2) is 0 Å². The van der Waals surface area contributed by atoms with Crippen LogP contribution in [-0.2, 0) is 52.4 Å². The lowest BCUT2D eigenvalue weighted by atomic mass is 9.96. The van der Waals surface area contributed by atoms with Crippen molar-refractivity contribution in [1.82, 2.24) is 10.4 Å². The summed E-state index contributed by atoms with van der Waals surface area (Å²) >= 11 is 0. The number of imide groups is 1. The zero-order valence-electron chi connectivity index (χ0n) is 27.6. The van der Waals surface area contributed by atoms with E-state index in [9.17, 15) is 70.2 Å². The van der Waals surface area contributed by atoms with Crippen molar-refractivity contribution in [1.29, 1.82) is 0 Å². The first-order valence-corrected chi connectivity index (χ1v) is 16.5. The van der Waals surface area contributed by atoms with Gasteiger partial charge in [0.15, 0.2) is 18.9 Å². The molecule has 4 rings (SSSR count). The van der Waals surface area contributed by atoms with Gasteiger partial charge in [-0.3, -0.25) is 14.4 Å². The molecule has 1 unspecified atom stereocenters. The summed E-state index contributed by atoms with van der Waals surface area (Å²) < 4.78 is 32.9. The molecule has 15 atom stereocenters. The van der Waals surface area contributed by atoms with Gasteiger partial charge in [-0.2, -0.15) is 0 Å². The molecule has 4 aliphatic heterocycles. The van der Waals surface area contributed by atoms with Crippen molar-refractivity contribution in [2.45, 2.75) is 124 Å². The average molecular weight is 759 g/mol. The minimum atomic E-state index is -1.93. The monoisotopic (exact) mass is 758 g/mol. The second-order valence-electron chi connectivity index (χ2n) is 12.5. The predicted octanol–water partition coefficient (Wildman–Crippen LogP) is -7.65. The Labute approximate surface area is 295 Å². The van der Waals surface area contributed by atoms with Crippen molar-refractivity contribution in [3.8, 4) is 0 Å². The maximum Gasteiger partial charge on any atom is 0.333 e. The fraction of sp³-hybridized carbons (Fsp3) is 0.862. The molecule has 23 heteroatoms. The molecular formula is C29H46N2O21. The van der Waals surface area contributed by atoms with Crippen LogP contribution >= 0.6 is 0 Å². The molecule has 4 heterocycles. The van der Waals surface area contributed by atoms with E-state index in [0.717, 1.165) is 0 Å². The first kappa shape index (κ1) is 42.2. The largest absolute Gasteiger partial charge is 0.394 e. The molecule has 4 saturated heterocycles. The maximum atomic E-state index is 12.3. The third-order valence-electron chi connectivity index (χ3n) is 8.74. The van der Waals surface area contributed by atoms with Crippen molar-refractivity contribution in [3.05, 3.63) is 0 Å². The van der Waals surface area contributed by atoms with Crippen molar-refractivity contribution >= 4 is 23.7 Å². The van der Waals surface area contributed by atoms with Gasteiger partial charge in [0.1, 0.15) is 73.2 Å². The van der Waals surface area contributed by atoms with Crippen molar-refractivity contribution < 1.29 is 104 Å². The van der Waals surface area contributed by atoms with Gasteiger partial charge < -0.3 is 89.6 Å². The van der Waals surface area contributed by atoms with Crippen LogP contribution in [0.3, 0.4) is 0 Å². The number of hydrogen-bond donors (Lipinski definition) is 11. The molecule has 11 N–H and O–H groups in total. The van der Waals surface area contributed by atoms with Crippen LogP contribution in [0, 0.1) is 0 Å². The Balaban J connectivity index is 1.33. The van der Waals surface area contributed by atoms with Crippen LogP contribution in [-0.4, -0.2) is 205 Å².